The van der Waals surface area contributed by atoms with E-state index in [1.807, 2.05) is 6.92 Å². The second-order valence-electron chi connectivity index (χ2n) is 0.408. The Hall–Kier alpha value is -0.0400. The van der Waals surface area contributed by atoms with Crippen molar-refractivity contribution >= 4 is 0 Å². The van der Waals surface area contributed by atoms with E-state index in [2.05, 4.69) is 0 Å². The van der Waals surface area contributed by atoms with Crippen molar-refractivity contribution in [1.29, 1.82) is 0 Å². The molecule has 0 aliphatic carbocycles. The van der Waals surface area contributed by atoms with Crippen LogP contribution in [0.1, 0.15) is 21.8 Å². The van der Waals surface area contributed by atoms with E-state index in [1.54, 1.807) is 0 Å². The largest absolute Gasteiger partial charge is 0.331 e. The van der Waals surface area contributed by atoms with Gasteiger partial charge in [0.05, 0.1) is 0 Å². The minimum Gasteiger partial charge on any atom is -0.331 e. The van der Waals surface area contributed by atoms with Gasteiger partial charge in [0.2, 0.25) is 0 Å². The van der Waals surface area contributed by atoms with E-state index in [4.69, 9.17) is 5.73 Å². The molecule has 0 bridgehead atoms. The first-order chi connectivity index (χ1) is 1.41. The highest BCUT2D eigenvalue weighted by Gasteiger charge is 1.32. The molecule has 0 rings (SSSR count). The second-order valence-corrected chi connectivity index (χ2v) is 0.408. The van der Waals surface area contributed by atoms with Crippen LogP contribution in [0.25, 0.3) is 0 Å². The van der Waals surface area contributed by atoms with Crippen LogP contribution in [0.15, 0.2) is 0 Å². The second kappa shape index (κ2) is 37.6. The van der Waals surface area contributed by atoms with Crippen molar-refractivity contribution in [2.45, 2.75) is 21.8 Å². The third-order valence-corrected chi connectivity index (χ3v) is 0. The van der Waals surface area contributed by atoms with Gasteiger partial charge in [0.25, 0.3) is 0 Å². The Morgan fingerprint density at radius 1 is 1.40 bits per heavy atom. The van der Waals surface area contributed by atoms with Crippen LogP contribution in [0.2, 0.25) is 0 Å². The Labute approximate surface area is 35.2 Å². The molecular weight excluding hydrogens is 62.1 g/mol. The first kappa shape index (κ1) is 20.2. The van der Waals surface area contributed by atoms with Crippen molar-refractivity contribution < 1.29 is 0 Å². The summed E-state index contributed by atoms with van der Waals surface area (Å²) in [7, 11) is 0. The maximum atomic E-state index is 4.85. The summed E-state index contributed by atoms with van der Waals surface area (Å²) in [5.41, 5.74) is 4.85. The zero-order valence-corrected chi connectivity index (χ0v) is 2.28. The minimum absolute atomic E-state index is 0. The Morgan fingerprint density at radius 3 is 1.40 bits per heavy atom. The molecule has 0 saturated carbocycles. The normalized spacial score (nSPS) is 3.60. The summed E-state index contributed by atoms with van der Waals surface area (Å²) < 4.78 is 0. The van der Waals surface area contributed by atoms with Gasteiger partial charge in [-0.3, -0.25) is 0 Å². The summed E-state index contributed by atoms with van der Waals surface area (Å²) in [5, 5.41) is 0. The average Bonchev–Trinajstić information content (AvgIpc) is 0.918. The Bertz CT molecular complexity index is 3.61. The molecule has 0 aliphatic heterocycles. The SMILES string of the molecule is C.C.CCN. The molecule has 0 radical (unpaired) electrons. The predicted molar refractivity (Wildman–Crippen MR) is 28.2 cm³/mol. The molecule has 0 aromatic rings. The first-order valence-corrected chi connectivity index (χ1v) is 1.12. The number of nitrogens with two attached hydrogens (primary N) is 1. The summed E-state index contributed by atoms with van der Waals surface area (Å²) in [6.45, 7) is 2.65. The highest BCUT2D eigenvalue weighted by molar-refractivity contribution is 4.00. The number of rotatable bonds is 0. The van der Waals surface area contributed by atoms with Gasteiger partial charge in [0.15, 0.2) is 0 Å². The lowest BCUT2D eigenvalue weighted by Crippen LogP contribution is -1.87. The van der Waals surface area contributed by atoms with Crippen molar-refractivity contribution in [3.8, 4) is 0 Å². The van der Waals surface area contributed by atoms with E-state index in [9.17, 15) is 0 Å². The molecule has 0 amide bonds. The maximum absolute atomic E-state index is 4.85. The lowest BCUT2D eigenvalue weighted by Gasteiger charge is -1.53. The van der Waals surface area contributed by atoms with Gasteiger partial charge in [-0.2, -0.15) is 0 Å². The van der Waals surface area contributed by atoms with Gasteiger partial charge in [-0.15, -0.1) is 0 Å². The van der Waals surface area contributed by atoms with Gasteiger partial charge in [-0.1, -0.05) is 21.8 Å². The first-order valence-electron chi connectivity index (χ1n) is 1.12. The van der Waals surface area contributed by atoms with Crippen LogP contribution in [0.4, 0.5) is 0 Å². The summed E-state index contributed by atoms with van der Waals surface area (Å²) in [6.07, 6.45) is 0. The van der Waals surface area contributed by atoms with Gasteiger partial charge in [-0.25, -0.2) is 0 Å². The van der Waals surface area contributed by atoms with Crippen molar-refractivity contribution in [3.05, 3.63) is 0 Å². The summed E-state index contributed by atoms with van der Waals surface area (Å²) >= 11 is 0. The number of hydrogen-bond donors (Lipinski definition) is 1. The maximum Gasteiger partial charge on any atom is -0.0106 e. The molecule has 1 heteroatoms. The average molecular weight is 77.2 g/mol. The lowest BCUT2D eigenvalue weighted by atomic mass is 10.8. The summed E-state index contributed by atoms with van der Waals surface area (Å²) in [5.74, 6) is 0. The van der Waals surface area contributed by atoms with Gasteiger partial charge < -0.3 is 5.73 Å². The third kappa shape index (κ3) is 9510. The van der Waals surface area contributed by atoms with E-state index in [-0.39, 0.29) is 14.9 Å². The van der Waals surface area contributed by atoms with Crippen LogP contribution in [0, 0.1) is 0 Å². The molecule has 0 unspecified atom stereocenters. The standard InChI is InChI=1S/C2H7N.2CH4/c1-2-3;;/h2-3H2,1H3;2*1H4. The molecule has 0 fully saturated rings. The molecule has 2 N–H and O–H groups in total. The monoisotopic (exact) mass is 77.1 g/mol. The zero-order valence-electron chi connectivity index (χ0n) is 2.28. The van der Waals surface area contributed by atoms with Gasteiger partial charge in [-0.05, 0) is 6.54 Å². The fraction of sp³-hybridized carbons (Fsp3) is 1.00. The molecule has 0 atom stereocenters. The fourth-order valence-corrected chi connectivity index (χ4v) is 0. The van der Waals surface area contributed by atoms with E-state index in [1.165, 1.54) is 0 Å². The van der Waals surface area contributed by atoms with Crippen molar-refractivity contribution in [2.75, 3.05) is 6.54 Å². The van der Waals surface area contributed by atoms with Crippen LogP contribution in [0.3, 0.4) is 0 Å². The van der Waals surface area contributed by atoms with E-state index < -0.39 is 0 Å². The van der Waals surface area contributed by atoms with Gasteiger partial charge in [0.1, 0.15) is 0 Å². The van der Waals surface area contributed by atoms with Gasteiger partial charge >= 0.3 is 0 Å². The van der Waals surface area contributed by atoms with E-state index in [0.29, 0.717) is 0 Å². The predicted octanol–water partition coefficient (Wildman–Crippen LogP) is 1.24. The lowest BCUT2D eigenvalue weighted by molar-refractivity contribution is 1.14. The molecule has 0 spiro atoms. The fourth-order valence-electron chi connectivity index (χ4n) is 0. The molecule has 0 saturated heterocycles. The third-order valence-electron chi connectivity index (χ3n) is 0. The quantitative estimate of drug-likeness (QED) is 0.462. The molecular formula is C4H15N. The molecule has 0 heterocycles. The van der Waals surface area contributed by atoms with Crippen LogP contribution >= 0.6 is 0 Å². The van der Waals surface area contributed by atoms with E-state index in [0.717, 1.165) is 6.54 Å². The van der Waals surface area contributed by atoms with Crippen LogP contribution in [-0.4, -0.2) is 6.54 Å². The van der Waals surface area contributed by atoms with Crippen molar-refractivity contribution in [3.63, 3.8) is 0 Å². The summed E-state index contributed by atoms with van der Waals surface area (Å²) in [6, 6.07) is 0. The number of hydrogen-bond acceptors (Lipinski definition) is 1. The van der Waals surface area contributed by atoms with Crippen LogP contribution in [-0.2, 0) is 0 Å². The van der Waals surface area contributed by atoms with E-state index >= 15 is 0 Å². The molecule has 36 valence electrons. The van der Waals surface area contributed by atoms with Crippen molar-refractivity contribution in [2.24, 2.45) is 5.73 Å². The topological polar surface area (TPSA) is 26.0 Å². The molecule has 0 aromatic carbocycles. The van der Waals surface area contributed by atoms with Gasteiger partial charge in [0, 0.05) is 0 Å². The Morgan fingerprint density at radius 2 is 1.40 bits per heavy atom. The Balaban J connectivity index is -0.0000000200. The zero-order chi connectivity index (χ0) is 2.71. The van der Waals surface area contributed by atoms with Crippen molar-refractivity contribution in [1.82, 2.24) is 0 Å². The molecule has 5 heavy (non-hydrogen) atoms. The van der Waals surface area contributed by atoms with Crippen LogP contribution in [0.5, 0.6) is 0 Å². The molecule has 0 aromatic heterocycles. The Kier molecular flexibility index (Phi) is 152. The summed E-state index contributed by atoms with van der Waals surface area (Å²) in [4.78, 5) is 0. The highest BCUT2D eigenvalue weighted by Crippen LogP contribution is 1.20. The van der Waals surface area contributed by atoms with Crippen LogP contribution < -0.4 is 5.73 Å². The smallest absolute Gasteiger partial charge is 0.0106 e. The highest BCUT2D eigenvalue weighted by atomic mass is 14.5. The minimum atomic E-state index is 0. The molecule has 0 aliphatic rings. The molecule has 1 nitrogen and oxygen atoms in total.